The Balaban J connectivity index is 2.15. The first-order valence-electron chi connectivity index (χ1n) is 6.94. The van der Waals surface area contributed by atoms with Gasteiger partial charge < -0.3 is 10.2 Å². The van der Waals surface area contributed by atoms with Crippen LogP contribution in [0.1, 0.15) is 26.3 Å². The van der Waals surface area contributed by atoms with Crippen molar-refractivity contribution in [2.24, 2.45) is 0 Å². The zero-order valence-electron chi connectivity index (χ0n) is 12.2. The quantitative estimate of drug-likeness (QED) is 0.875. The average Bonchev–Trinajstić information content (AvgIpc) is 2.45. The van der Waals surface area contributed by atoms with E-state index in [0.717, 1.165) is 18.9 Å². The maximum Gasteiger partial charge on any atom is 0.247 e. The van der Waals surface area contributed by atoms with Gasteiger partial charge in [0.1, 0.15) is 0 Å². The van der Waals surface area contributed by atoms with Gasteiger partial charge in [-0.1, -0.05) is 30.3 Å². The summed E-state index contributed by atoms with van der Waals surface area (Å²) in [6.07, 6.45) is 1.65. The summed E-state index contributed by atoms with van der Waals surface area (Å²) in [4.78, 5) is 6.63. The SMILES string of the molecule is CCN(Cc1ccccc1)c1nncc(NC(C)C)n1. The Kier molecular flexibility index (Phi) is 4.87. The number of benzene rings is 1. The van der Waals surface area contributed by atoms with Gasteiger partial charge in [-0.3, -0.25) is 0 Å². The van der Waals surface area contributed by atoms with Crippen molar-refractivity contribution in [3.8, 4) is 0 Å². The molecule has 5 heteroatoms. The smallest absolute Gasteiger partial charge is 0.247 e. The molecule has 1 aromatic heterocycles. The molecule has 0 atom stereocenters. The highest BCUT2D eigenvalue weighted by molar-refractivity contribution is 5.40. The fourth-order valence-corrected chi connectivity index (χ4v) is 1.92. The van der Waals surface area contributed by atoms with Gasteiger partial charge in [-0.2, -0.15) is 10.1 Å². The third-order valence-corrected chi connectivity index (χ3v) is 2.87. The van der Waals surface area contributed by atoms with E-state index in [9.17, 15) is 0 Å². The van der Waals surface area contributed by atoms with Crippen LogP contribution in [-0.4, -0.2) is 27.8 Å². The molecule has 5 nitrogen and oxygen atoms in total. The summed E-state index contributed by atoms with van der Waals surface area (Å²) in [6.45, 7) is 7.85. The van der Waals surface area contributed by atoms with E-state index in [1.807, 2.05) is 18.2 Å². The van der Waals surface area contributed by atoms with E-state index in [0.29, 0.717) is 12.0 Å². The topological polar surface area (TPSA) is 53.9 Å². The highest BCUT2D eigenvalue weighted by atomic mass is 15.3. The molecule has 0 unspecified atom stereocenters. The van der Waals surface area contributed by atoms with Crippen LogP contribution in [0.3, 0.4) is 0 Å². The molecular weight excluding hydrogens is 250 g/mol. The monoisotopic (exact) mass is 271 g/mol. The number of aromatic nitrogens is 3. The minimum atomic E-state index is 0.323. The summed E-state index contributed by atoms with van der Waals surface area (Å²) in [6, 6.07) is 10.6. The number of rotatable bonds is 6. The minimum Gasteiger partial charge on any atom is -0.366 e. The molecule has 0 fully saturated rings. The van der Waals surface area contributed by atoms with Crippen molar-refractivity contribution in [3.63, 3.8) is 0 Å². The number of hydrogen-bond acceptors (Lipinski definition) is 5. The van der Waals surface area contributed by atoms with E-state index >= 15 is 0 Å². The zero-order chi connectivity index (χ0) is 14.4. The molecule has 2 rings (SSSR count). The highest BCUT2D eigenvalue weighted by Gasteiger charge is 2.10. The third-order valence-electron chi connectivity index (χ3n) is 2.87. The van der Waals surface area contributed by atoms with Crippen LogP contribution in [0.2, 0.25) is 0 Å². The largest absolute Gasteiger partial charge is 0.366 e. The van der Waals surface area contributed by atoms with Gasteiger partial charge in [-0.25, -0.2) is 0 Å². The zero-order valence-corrected chi connectivity index (χ0v) is 12.2. The van der Waals surface area contributed by atoms with Crippen LogP contribution in [0.5, 0.6) is 0 Å². The second-order valence-corrected chi connectivity index (χ2v) is 4.94. The van der Waals surface area contributed by atoms with Gasteiger partial charge in [0.05, 0.1) is 6.20 Å². The minimum absolute atomic E-state index is 0.323. The van der Waals surface area contributed by atoms with Gasteiger partial charge in [0, 0.05) is 19.1 Å². The van der Waals surface area contributed by atoms with Crippen LogP contribution in [0.25, 0.3) is 0 Å². The van der Waals surface area contributed by atoms with Crippen LogP contribution < -0.4 is 10.2 Å². The van der Waals surface area contributed by atoms with E-state index < -0.39 is 0 Å². The van der Waals surface area contributed by atoms with Gasteiger partial charge in [0.2, 0.25) is 5.95 Å². The molecule has 0 saturated carbocycles. The lowest BCUT2D eigenvalue weighted by Gasteiger charge is -2.21. The van der Waals surface area contributed by atoms with Crippen molar-refractivity contribution in [1.29, 1.82) is 0 Å². The highest BCUT2D eigenvalue weighted by Crippen LogP contribution is 2.13. The van der Waals surface area contributed by atoms with Gasteiger partial charge in [-0.15, -0.1) is 5.10 Å². The number of hydrogen-bond donors (Lipinski definition) is 1. The summed E-state index contributed by atoms with van der Waals surface area (Å²) in [5, 5.41) is 11.4. The fourth-order valence-electron chi connectivity index (χ4n) is 1.92. The first-order chi connectivity index (χ1) is 9.69. The molecule has 1 heterocycles. The van der Waals surface area contributed by atoms with Gasteiger partial charge in [0.25, 0.3) is 0 Å². The van der Waals surface area contributed by atoms with Gasteiger partial charge >= 0.3 is 0 Å². The van der Waals surface area contributed by atoms with Crippen LogP contribution >= 0.6 is 0 Å². The lowest BCUT2D eigenvalue weighted by Crippen LogP contribution is -2.25. The van der Waals surface area contributed by atoms with Crippen LogP contribution in [-0.2, 0) is 6.54 Å². The van der Waals surface area contributed by atoms with Crippen molar-refractivity contribution in [3.05, 3.63) is 42.1 Å². The molecule has 20 heavy (non-hydrogen) atoms. The fraction of sp³-hybridized carbons (Fsp3) is 0.400. The van der Waals surface area contributed by atoms with E-state index in [1.165, 1.54) is 5.56 Å². The number of nitrogens with one attached hydrogen (secondary N) is 1. The summed E-state index contributed by atoms with van der Waals surface area (Å²) in [5.74, 6) is 1.42. The molecule has 1 N–H and O–H groups in total. The van der Waals surface area contributed by atoms with Crippen LogP contribution in [0.15, 0.2) is 36.5 Å². The molecular formula is C15H21N5. The predicted molar refractivity (Wildman–Crippen MR) is 81.8 cm³/mol. The molecule has 0 amide bonds. The molecule has 0 radical (unpaired) electrons. The van der Waals surface area contributed by atoms with Crippen molar-refractivity contribution < 1.29 is 0 Å². The first-order valence-corrected chi connectivity index (χ1v) is 6.94. The molecule has 2 aromatic rings. The maximum absolute atomic E-state index is 4.52. The lowest BCUT2D eigenvalue weighted by molar-refractivity contribution is 0.766. The predicted octanol–water partition coefficient (Wildman–Crippen LogP) is 2.72. The summed E-state index contributed by atoms with van der Waals surface area (Å²) < 4.78 is 0. The Bertz CT molecular complexity index is 527. The van der Waals surface area contributed by atoms with E-state index in [1.54, 1.807) is 6.20 Å². The Morgan fingerprint density at radius 2 is 1.95 bits per heavy atom. The molecule has 0 aliphatic heterocycles. The Morgan fingerprint density at radius 3 is 2.60 bits per heavy atom. The molecule has 0 bridgehead atoms. The van der Waals surface area contributed by atoms with Crippen molar-refractivity contribution >= 4 is 11.8 Å². The molecule has 106 valence electrons. The number of anilines is 2. The second-order valence-electron chi connectivity index (χ2n) is 4.94. The standard InChI is InChI=1S/C15H21N5/c1-4-20(11-13-8-6-5-7-9-13)15-18-14(10-16-19-15)17-12(2)3/h5-10,12H,4,11H2,1-3H3,(H,17,18,19). The molecule has 0 aliphatic carbocycles. The van der Waals surface area contributed by atoms with Gasteiger partial charge in [-0.05, 0) is 26.3 Å². The molecule has 1 aromatic carbocycles. The summed E-state index contributed by atoms with van der Waals surface area (Å²) in [5.41, 5.74) is 1.24. The molecule has 0 aliphatic rings. The second kappa shape index (κ2) is 6.84. The molecule has 0 saturated heterocycles. The van der Waals surface area contributed by atoms with Crippen molar-refractivity contribution in [2.45, 2.75) is 33.4 Å². The van der Waals surface area contributed by atoms with E-state index in [4.69, 9.17) is 0 Å². The van der Waals surface area contributed by atoms with E-state index in [2.05, 4.69) is 58.3 Å². The normalized spacial score (nSPS) is 10.6. The lowest BCUT2D eigenvalue weighted by atomic mass is 10.2. The Hall–Kier alpha value is -2.17. The first kappa shape index (κ1) is 14.2. The van der Waals surface area contributed by atoms with Crippen molar-refractivity contribution in [2.75, 3.05) is 16.8 Å². The maximum atomic E-state index is 4.52. The summed E-state index contributed by atoms with van der Waals surface area (Å²) in [7, 11) is 0. The van der Waals surface area contributed by atoms with Crippen molar-refractivity contribution in [1.82, 2.24) is 15.2 Å². The van der Waals surface area contributed by atoms with Gasteiger partial charge in [0.15, 0.2) is 5.82 Å². The third kappa shape index (κ3) is 3.91. The molecule has 0 spiro atoms. The Morgan fingerprint density at radius 1 is 1.20 bits per heavy atom. The van der Waals surface area contributed by atoms with E-state index in [-0.39, 0.29) is 0 Å². The van der Waals surface area contributed by atoms with Crippen LogP contribution in [0, 0.1) is 0 Å². The van der Waals surface area contributed by atoms with Crippen LogP contribution in [0.4, 0.5) is 11.8 Å². The summed E-state index contributed by atoms with van der Waals surface area (Å²) >= 11 is 0. The number of nitrogens with zero attached hydrogens (tertiary/aromatic N) is 4. The average molecular weight is 271 g/mol. The Labute approximate surface area is 120 Å².